The van der Waals surface area contributed by atoms with Crippen molar-refractivity contribution in [2.75, 3.05) is 13.2 Å². The van der Waals surface area contributed by atoms with E-state index >= 15 is 0 Å². The van der Waals surface area contributed by atoms with Gasteiger partial charge in [-0.2, -0.15) is 0 Å². The summed E-state index contributed by atoms with van der Waals surface area (Å²) >= 11 is 0. The van der Waals surface area contributed by atoms with Crippen LogP contribution in [0.5, 0.6) is 0 Å². The molecule has 0 aromatic heterocycles. The number of hydrogen-bond donors (Lipinski definition) is 1. The fraction of sp³-hybridized carbons (Fsp3) is 0.889. The van der Waals surface area contributed by atoms with E-state index < -0.39 is 6.10 Å². The average molecular weight is 595 g/mol. The molecule has 1 rings (SSSR count). The number of esters is 2. The van der Waals surface area contributed by atoms with Gasteiger partial charge < -0.3 is 19.3 Å². The van der Waals surface area contributed by atoms with Crippen LogP contribution in [0.4, 0.5) is 0 Å². The molecule has 0 radical (unpaired) electrons. The Balaban J connectivity index is 1.84. The van der Waals surface area contributed by atoms with Gasteiger partial charge in [-0.15, -0.1) is 0 Å². The van der Waals surface area contributed by atoms with Crippen LogP contribution in [0.2, 0.25) is 0 Å². The Hall–Kier alpha value is -1.40. The zero-order valence-corrected chi connectivity index (χ0v) is 27.6. The molecule has 0 aromatic rings. The fourth-order valence-corrected chi connectivity index (χ4v) is 5.24. The van der Waals surface area contributed by atoms with Crippen LogP contribution in [0.1, 0.15) is 168 Å². The fourth-order valence-electron chi connectivity index (χ4n) is 5.24. The third kappa shape index (κ3) is 24.1. The molecule has 0 bridgehead atoms. The van der Waals surface area contributed by atoms with E-state index in [0.717, 1.165) is 63.7 Å². The summed E-state index contributed by atoms with van der Waals surface area (Å²) in [5, 5.41) is 9.98. The van der Waals surface area contributed by atoms with Crippen molar-refractivity contribution < 1.29 is 28.9 Å². The van der Waals surface area contributed by atoms with Crippen molar-refractivity contribution >= 4 is 11.9 Å². The van der Waals surface area contributed by atoms with Crippen LogP contribution in [0.3, 0.4) is 0 Å². The summed E-state index contributed by atoms with van der Waals surface area (Å²) in [6, 6.07) is 0. The third-order valence-corrected chi connectivity index (χ3v) is 8.46. The molecule has 1 saturated heterocycles. The summed E-state index contributed by atoms with van der Waals surface area (Å²) in [5.74, 6) is 0.271. The van der Waals surface area contributed by atoms with E-state index in [1.165, 1.54) is 77.0 Å². The SMILES string of the molecule is CCCCC/C=C\CC1OC1CCCCCCCC(=O)OC[C@@H](O)COC(=O)CCCCCCCCCCC(C)CC. The number of epoxide rings is 1. The molecule has 1 fully saturated rings. The van der Waals surface area contributed by atoms with E-state index in [1.54, 1.807) is 0 Å². The highest BCUT2D eigenvalue weighted by molar-refractivity contribution is 5.69. The molecule has 0 spiro atoms. The highest BCUT2D eigenvalue weighted by atomic mass is 16.6. The summed E-state index contributed by atoms with van der Waals surface area (Å²) in [5.41, 5.74) is 0. The number of allylic oxidation sites excluding steroid dienone is 1. The van der Waals surface area contributed by atoms with Gasteiger partial charge in [0.25, 0.3) is 0 Å². The Morgan fingerprint density at radius 1 is 0.714 bits per heavy atom. The molecule has 0 saturated carbocycles. The number of aliphatic hydroxyl groups is 1. The predicted molar refractivity (Wildman–Crippen MR) is 172 cm³/mol. The first-order valence-electron chi connectivity index (χ1n) is 17.8. The summed E-state index contributed by atoms with van der Waals surface area (Å²) in [7, 11) is 0. The number of rotatable bonds is 30. The van der Waals surface area contributed by atoms with Crippen LogP contribution >= 0.6 is 0 Å². The van der Waals surface area contributed by atoms with Gasteiger partial charge in [0.1, 0.15) is 19.3 Å². The summed E-state index contributed by atoms with van der Waals surface area (Å²) in [4.78, 5) is 23.9. The predicted octanol–water partition coefficient (Wildman–Crippen LogP) is 9.41. The Labute approximate surface area is 258 Å². The van der Waals surface area contributed by atoms with Crippen molar-refractivity contribution in [1.82, 2.24) is 0 Å². The molecule has 3 unspecified atom stereocenters. The number of hydrogen-bond acceptors (Lipinski definition) is 6. The third-order valence-electron chi connectivity index (χ3n) is 8.46. The molecular weight excluding hydrogens is 528 g/mol. The van der Waals surface area contributed by atoms with Crippen molar-refractivity contribution in [3.8, 4) is 0 Å². The molecule has 6 nitrogen and oxygen atoms in total. The monoisotopic (exact) mass is 594 g/mol. The maximum Gasteiger partial charge on any atom is 0.305 e. The molecule has 1 heterocycles. The van der Waals surface area contributed by atoms with Gasteiger partial charge in [-0.05, 0) is 44.4 Å². The van der Waals surface area contributed by atoms with Gasteiger partial charge in [-0.3, -0.25) is 9.59 Å². The van der Waals surface area contributed by atoms with Crippen LogP contribution in [-0.2, 0) is 23.8 Å². The smallest absolute Gasteiger partial charge is 0.305 e. The second-order valence-corrected chi connectivity index (χ2v) is 12.6. The minimum absolute atomic E-state index is 0.121. The number of unbranched alkanes of at least 4 members (excludes halogenated alkanes) is 14. The number of carbonyl (C=O) groups is 2. The zero-order chi connectivity index (χ0) is 30.7. The summed E-state index contributed by atoms with van der Waals surface area (Å²) in [6.07, 6.45) is 29.9. The first kappa shape index (κ1) is 38.6. The molecule has 1 aliphatic rings. The first-order valence-corrected chi connectivity index (χ1v) is 17.8. The molecular formula is C36H66O6. The number of aliphatic hydroxyl groups excluding tert-OH is 1. The van der Waals surface area contributed by atoms with Crippen LogP contribution in [-0.4, -0.2) is 48.6 Å². The topological polar surface area (TPSA) is 85.4 Å². The van der Waals surface area contributed by atoms with Gasteiger partial charge in [-0.25, -0.2) is 0 Å². The highest BCUT2D eigenvalue weighted by Crippen LogP contribution is 2.30. The van der Waals surface area contributed by atoms with E-state index in [0.29, 0.717) is 25.0 Å². The molecule has 42 heavy (non-hydrogen) atoms. The minimum Gasteiger partial charge on any atom is -0.463 e. The van der Waals surface area contributed by atoms with Gasteiger partial charge in [0, 0.05) is 12.8 Å². The van der Waals surface area contributed by atoms with Crippen molar-refractivity contribution in [3.63, 3.8) is 0 Å². The van der Waals surface area contributed by atoms with Gasteiger partial charge in [0.15, 0.2) is 0 Å². The van der Waals surface area contributed by atoms with Crippen LogP contribution < -0.4 is 0 Å². The molecule has 1 N–H and O–H groups in total. The van der Waals surface area contributed by atoms with E-state index in [1.807, 2.05) is 0 Å². The van der Waals surface area contributed by atoms with Crippen LogP contribution in [0.15, 0.2) is 12.2 Å². The molecule has 0 amide bonds. The number of ether oxygens (including phenoxy) is 3. The average Bonchev–Trinajstić information content (AvgIpc) is 3.74. The standard InChI is InChI=1S/C36H66O6/c1-4-6-7-8-15-20-25-33-34(42-33)26-21-16-13-18-23-28-36(39)41-30-32(37)29-40-35(38)27-22-17-12-10-9-11-14-19-24-31(3)5-2/h15,20,31-34,37H,4-14,16-19,21-30H2,1-3H3/b20-15-/t31?,32-,33?,34?/m0/s1. The highest BCUT2D eigenvalue weighted by Gasteiger charge is 2.36. The minimum atomic E-state index is -0.969. The Kier molecular flexibility index (Phi) is 25.0. The van der Waals surface area contributed by atoms with E-state index in [-0.39, 0.29) is 25.2 Å². The largest absolute Gasteiger partial charge is 0.463 e. The molecule has 1 aliphatic heterocycles. The Morgan fingerprint density at radius 3 is 1.83 bits per heavy atom. The summed E-state index contributed by atoms with van der Waals surface area (Å²) in [6.45, 7) is 6.59. The first-order chi connectivity index (χ1) is 20.5. The van der Waals surface area contributed by atoms with Crippen molar-refractivity contribution in [1.29, 1.82) is 0 Å². The molecule has 4 atom stereocenters. The zero-order valence-electron chi connectivity index (χ0n) is 27.6. The van der Waals surface area contributed by atoms with Gasteiger partial charge in [-0.1, -0.05) is 129 Å². The van der Waals surface area contributed by atoms with E-state index in [2.05, 4.69) is 32.9 Å². The maximum absolute atomic E-state index is 11.9. The molecule has 6 heteroatoms. The maximum atomic E-state index is 11.9. The van der Waals surface area contributed by atoms with Crippen LogP contribution in [0, 0.1) is 5.92 Å². The molecule has 246 valence electrons. The Bertz CT molecular complexity index is 678. The lowest BCUT2D eigenvalue weighted by Crippen LogP contribution is -2.25. The van der Waals surface area contributed by atoms with E-state index in [9.17, 15) is 14.7 Å². The van der Waals surface area contributed by atoms with Crippen LogP contribution in [0.25, 0.3) is 0 Å². The van der Waals surface area contributed by atoms with E-state index in [4.69, 9.17) is 14.2 Å². The van der Waals surface area contributed by atoms with Crippen molar-refractivity contribution in [3.05, 3.63) is 12.2 Å². The lowest BCUT2D eigenvalue weighted by atomic mass is 9.99. The van der Waals surface area contributed by atoms with Crippen molar-refractivity contribution in [2.45, 2.75) is 187 Å². The van der Waals surface area contributed by atoms with Gasteiger partial charge in [0.2, 0.25) is 0 Å². The lowest BCUT2D eigenvalue weighted by Gasteiger charge is -2.12. The lowest BCUT2D eigenvalue weighted by molar-refractivity contribution is -0.152. The number of carbonyl (C=O) groups excluding carboxylic acids is 2. The van der Waals surface area contributed by atoms with Crippen molar-refractivity contribution in [2.24, 2.45) is 5.92 Å². The second-order valence-electron chi connectivity index (χ2n) is 12.6. The summed E-state index contributed by atoms with van der Waals surface area (Å²) < 4.78 is 16.1. The molecule has 0 aromatic carbocycles. The Morgan fingerprint density at radius 2 is 1.26 bits per heavy atom. The van der Waals surface area contributed by atoms with Gasteiger partial charge in [0.05, 0.1) is 12.2 Å². The second kappa shape index (κ2) is 27.2. The molecule has 0 aliphatic carbocycles. The normalized spacial score (nSPS) is 17.8. The quantitative estimate of drug-likeness (QED) is 0.0386. The van der Waals surface area contributed by atoms with Gasteiger partial charge >= 0.3 is 11.9 Å².